The molecule has 20 heavy (non-hydrogen) atoms. The minimum Gasteiger partial charge on any atom is -0.271 e. The SMILES string of the molecule is CCCn1nccc1C(Cc1c(F)cccc1Cl)NN. The standard InChI is InChI=1S/C14H18ClFN4/c1-2-8-20-14(6-7-18-20)13(19-17)9-10-11(15)4-3-5-12(10)16/h3-7,13,19H,2,8-9,17H2,1H3. The quantitative estimate of drug-likeness (QED) is 0.636. The largest absolute Gasteiger partial charge is 0.271 e. The number of nitrogens with zero attached hydrogens (tertiary/aromatic N) is 2. The summed E-state index contributed by atoms with van der Waals surface area (Å²) in [5.41, 5.74) is 4.10. The molecule has 4 nitrogen and oxygen atoms in total. The second-order valence-corrected chi connectivity index (χ2v) is 5.01. The van der Waals surface area contributed by atoms with Crippen LogP contribution in [0.1, 0.15) is 30.6 Å². The molecule has 6 heteroatoms. The molecule has 1 heterocycles. The number of hydrogen-bond acceptors (Lipinski definition) is 3. The second kappa shape index (κ2) is 6.83. The van der Waals surface area contributed by atoms with E-state index in [-0.39, 0.29) is 11.9 Å². The lowest BCUT2D eigenvalue weighted by atomic mass is 10.0. The van der Waals surface area contributed by atoms with Gasteiger partial charge in [-0.05, 0) is 31.0 Å². The highest BCUT2D eigenvalue weighted by molar-refractivity contribution is 6.31. The van der Waals surface area contributed by atoms with Crippen LogP contribution in [-0.4, -0.2) is 9.78 Å². The average molecular weight is 297 g/mol. The molecule has 1 atom stereocenters. The van der Waals surface area contributed by atoms with Gasteiger partial charge in [0.15, 0.2) is 0 Å². The molecule has 1 aromatic heterocycles. The van der Waals surface area contributed by atoms with Gasteiger partial charge >= 0.3 is 0 Å². The predicted molar refractivity (Wildman–Crippen MR) is 77.7 cm³/mol. The number of hydrazine groups is 1. The summed E-state index contributed by atoms with van der Waals surface area (Å²) in [7, 11) is 0. The van der Waals surface area contributed by atoms with Gasteiger partial charge in [-0.1, -0.05) is 24.6 Å². The van der Waals surface area contributed by atoms with E-state index in [0.29, 0.717) is 17.0 Å². The van der Waals surface area contributed by atoms with Crippen LogP contribution >= 0.6 is 11.6 Å². The van der Waals surface area contributed by atoms with Crippen LogP contribution in [0.25, 0.3) is 0 Å². The van der Waals surface area contributed by atoms with Crippen molar-refractivity contribution in [2.24, 2.45) is 5.84 Å². The van der Waals surface area contributed by atoms with Gasteiger partial charge < -0.3 is 0 Å². The summed E-state index contributed by atoms with van der Waals surface area (Å²) < 4.78 is 15.7. The molecule has 2 rings (SSSR count). The Balaban J connectivity index is 2.27. The summed E-state index contributed by atoms with van der Waals surface area (Å²) in [4.78, 5) is 0. The van der Waals surface area contributed by atoms with E-state index in [1.807, 2.05) is 10.7 Å². The zero-order valence-electron chi connectivity index (χ0n) is 11.3. The van der Waals surface area contributed by atoms with Crippen LogP contribution in [0, 0.1) is 5.82 Å². The number of rotatable bonds is 6. The first-order valence-electron chi connectivity index (χ1n) is 6.58. The van der Waals surface area contributed by atoms with Crippen molar-refractivity contribution >= 4 is 11.6 Å². The van der Waals surface area contributed by atoms with Crippen LogP contribution < -0.4 is 11.3 Å². The van der Waals surface area contributed by atoms with E-state index in [0.717, 1.165) is 18.7 Å². The molecule has 2 aromatic rings. The van der Waals surface area contributed by atoms with E-state index in [4.69, 9.17) is 17.4 Å². The fourth-order valence-electron chi connectivity index (χ4n) is 2.22. The van der Waals surface area contributed by atoms with Crippen molar-refractivity contribution in [3.05, 3.63) is 52.6 Å². The maximum absolute atomic E-state index is 13.9. The lowest BCUT2D eigenvalue weighted by Crippen LogP contribution is -2.31. The van der Waals surface area contributed by atoms with Crippen LogP contribution in [0.2, 0.25) is 5.02 Å². The Morgan fingerprint density at radius 1 is 1.45 bits per heavy atom. The molecule has 3 N–H and O–H groups in total. The van der Waals surface area contributed by atoms with Gasteiger partial charge in [-0.3, -0.25) is 16.0 Å². The molecule has 0 aliphatic rings. The fraction of sp³-hybridized carbons (Fsp3) is 0.357. The first-order chi connectivity index (χ1) is 9.67. The second-order valence-electron chi connectivity index (χ2n) is 4.60. The van der Waals surface area contributed by atoms with Gasteiger partial charge in [0.05, 0.1) is 11.7 Å². The predicted octanol–water partition coefficient (Wildman–Crippen LogP) is 2.83. The monoisotopic (exact) mass is 296 g/mol. The maximum atomic E-state index is 13.9. The number of hydrogen-bond donors (Lipinski definition) is 2. The molecule has 0 radical (unpaired) electrons. The number of aromatic nitrogens is 2. The third-order valence-corrected chi connectivity index (χ3v) is 3.57. The van der Waals surface area contributed by atoms with E-state index >= 15 is 0 Å². The number of benzene rings is 1. The first-order valence-corrected chi connectivity index (χ1v) is 6.95. The summed E-state index contributed by atoms with van der Waals surface area (Å²) in [5, 5.41) is 4.66. The smallest absolute Gasteiger partial charge is 0.127 e. The Morgan fingerprint density at radius 3 is 2.90 bits per heavy atom. The Labute approximate surface area is 122 Å². The lowest BCUT2D eigenvalue weighted by Gasteiger charge is -2.18. The van der Waals surface area contributed by atoms with E-state index in [1.165, 1.54) is 6.07 Å². The molecule has 1 aromatic carbocycles. The Hall–Kier alpha value is -1.43. The lowest BCUT2D eigenvalue weighted by molar-refractivity contribution is 0.470. The highest BCUT2D eigenvalue weighted by Gasteiger charge is 2.18. The van der Waals surface area contributed by atoms with Gasteiger partial charge in [0.1, 0.15) is 5.82 Å². The molecule has 0 fully saturated rings. The Bertz CT molecular complexity index is 550. The van der Waals surface area contributed by atoms with Crippen LogP contribution in [0.4, 0.5) is 4.39 Å². The van der Waals surface area contributed by atoms with E-state index < -0.39 is 0 Å². The van der Waals surface area contributed by atoms with Crippen LogP contribution in [0.3, 0.4) is 0 Å². The molecule has 0 aliphatic heterocycles. The average Bonchev–Trinajstić information content (AvgIpc) is 2.87. The molecule has 0 saturated carbocycles. The van der Waals surface area contributed by atoms with Gasteiger partial charge in [-0.2, -0.15) is 5.10 Å². The highest BCUT2D eigenvalue weighted by Crippen LogP contribution is 2.25. The van der Waals surface area contributed by atoms with Gasteiger partial charge in [-0.15, -0.1) is 0 Å². The molecule has 0 amide bonds. The van der Waals surface area contributed by atoms with Crippen molar-refractivity contribution < 1.29 is 4.39 Å². The van der Waals surface area contributed by atoms with Gasteiger partial charge in [0, 0.05) is 23.3 Å². The van der Waals surface area contributed by atoms with E-state index in [9.17, 15) is 4.39 Å². The van der Waals surface area contributed by atoms with Gasteiger partial charge in [0.25, 0.3) is 0 Å². The molecule has 0 bridgehead atoms. The third-order valence-electron chi connectivity index (χ3n) is 3.21. The van der Waals surface area contributed by atoms with Crippen LogP contribution in [0.15, 0.2) is 30.5 Å². The maximum Gasteiger partial charge on any atom is 0.127 e. The summed E-state index contributed by atoms with van der Waals surface area (Å²) in [5.74, 6) is 5.30. The van der Waals surface area contributed by atoms with Crippen LogP contribution in [-0.2, 0) is 13.0 Å². The van der Waals surface area contributed by atoms with Crippen molar-refractivity contribution in [3.63, 3.8) is 0 Å². The molecular weight excluding hydrogens is 279 g/mol. The molecule has 0 spiro atoms. The van der Waals surface area contributed by atoms with E-state index in [2.05, 4.69) is 17.4 Å². The number of aryl methyl sites for hydroxylation is 1. The van der Waals surface area contributed by atoms with Crippen molar-refractivity contribution in [1.82, 2.24) is 15.2 Å². The number of halogens is 2. The minimum absolute atomic E-state index is 0.238. The van der Waals surface area contributed by atoms with Crippen molar-refractivity contribution in [3.8, 4) is 0 Å². The van der Waals surface area contributed by atoms with Crippen molar-refractivity contribution in [2.75, 3.05) is 0 Å². The number of nitrogens with one attached hydrogen (secondary N) is 1. The van der Waals surface area contributed by atoms with Crippen molar-refractivity contribution in [2.45, 2.75) is 32.4 Å². The summed E-state index contributed by atoms with van der Waals surface area (Å²) in [6.07, 6.45) is 3.06. The fourth-order valence-corrected chi connectivity index (χ4v) is 2.46. The first kappa shape index (κ1) is 15.0. The molecule has 108 valence electrons. The van der Waals surface area contributed by atoms with Crippen LogP contribution in [0.5, 0.6) is 0 Å². The Kier molecular flexibility index (Phi) is 5.11. The topological polar surface area (TPSA) is 55.9 Å². The van der Waals surface area contributed by atoms with Gasteiger partial charge in [-0.25, -0.2) is 4.39 Å². The molecular formula is C14H18ClFN4. The summed E-state index contributed by atoms with van der Waals surface area (Å²) in [6.45, 7) is 2.87. The van der Waals surface area contributed by atoms with E-state index in [1.54, 1.807) is 18.3 Å². The Morgan fingerprint density at radius 2 is 2.25 bits per heavy atom. The molecule has 0 aliphatic carbocycles. The highest BCUT2D eigenvalue weighted by atomic mass is 35.5. The minimum atomic E-state index is -0.320. The zero-order chi connectivity index (χ0) is 14.5. The third kappa shape index (κ3) is 3.17. The zero-order valence-corrected chi connectivity index (χ0v) is 12.1. The summed E-state index contributed by atoms with van der Waals surface area (Å²) in [6, 6.07) is 6.32. The normalized spacial score (nSPS) is 12.6. The molecule has 1 unspecified atom stereocenters. The van der Waals surface area contributed by atoms with Gasteiger partial charge in [0.2, 0.25) is 0 Å². The number of nitrogens with two attached hydrogens (primary N) is 1. The molecule has 0 saturated heterocycles. The van der Waals surface area contributed by atoms with Crippen molar-refractivity contribution in [1.29, 1.82) is 0 Å². The summed E-state index contributed by atoms with van der Waals surface area (Å²) >= 11 is 6.06.